The number of hydrogen-bond donors (Lipinski definition) is 2. The van der Waals surface area contributed by atoms with Crippen molar-refractivity contribution in [2.45, 2.75) is 27.2 Å². The summed E-state index contributed by atoms with van der Waals surface area (Å²) in [5.41, 5.74) is 8.24. The highest BCUT2D eigenvalue weighted by atomic mass is 15.2. The van der Waals surface area contributed by atoms with Crippen LogP contribution in [-0.2, 0) is 6.42 Å². The van der Waals surface area contributed by atoms with Gasteiger partial charge in [-0.25, -0.2) is 0 Å². The molecule has 0 amide bonds. The second-order valence-electron chi connectivity index (χ2n) is 4.14. The Morgan fingerprint density at radius 3 is 2.62 bits per heavy atom. The van der Waals surface area contributed by atoms with Gasteiger partial charge in [0.25, 0.3) is 0 Å². The van der Waals surface area contributed by atoms with Gasteiger partial charge in [0.15, 0.2) is 0 Å². The quantitative estimate of drug-likeness (QED) is 0.598. The van der Waals surface area contributed by atoms with Crippen LogP contribution in [0.4, 0.5) is 5.69 Å². The fourth-order valence-electron chi connectivity index (χ4n) is 2.03. The Hall–Kier alpha value is -1.61. The number of fused-ring (bicyclic) bond motifs is 1. The van der Waals surface area contributed by atoms with Crippen molar-refractivity contribution in [2.75, 3.05) is 5.43 Å². The van der Waals surface area contributed by atoms with E-state index >= 15 is 0 Å². The normalized spacial score (nSPS) is 10.8. The summed E-state index contributed by atoms with van der Waals surface area (Å²) in [7, 11) is 0. The van der Waals surface area contributed by atoms with E-state index in [4.69, 9.17) is 5.84 Å². The van der Waals surface area contributed by atoms with Crippen molar-refractivity contribution in [2.24, 2.45) is 5.84 Å². The number of nitrogens with one attached hydrogen (secondary N) is 1. The van der Waals surface area contributed by atoms with Crippen molar-refractivity contribution < 1.29 is 0 Å². The van der Waals surface area contributed by atoms with E-state index in [9.17, 15) is 0 Å². The maximum absolute atomic E-state index is 5.56. The fraction of sp³-hybridized carbons (Fsp3) is 0.308. The molecular weight excluding hydrogens is 198 g/mol. The maximum Gasteiger partial charge on any atom is 0.0755 e. The molecule has 0 radical (unpaired) electrons. The molecule has 0 atom stereocenters. The predicted molar refractivity (Wildman–Crippen MR) is 68.4 cm³/mol. The standard InChI is InChI=1S/C13H17N3/c1-4-10-7-12(16-14)11-6-8(2)5-9(3)13(11)15-10/h5-7H,4,14H2,1-3H3,(H,15,16). The lowest BCUT2D eigenvalue weighted by atomic mass is 10.0. The first-order valence-electron chi connectivity index (χ1n) is 5.53. The number of nitrogens with two attached hydrogens (primary N) is 1. The largest absolute Gasteiger partial charge is 0.323 e. The Morgan fingerprint density at radius 1 is 1.25 bits per heavy atom. The van der Waals surface area contributed by atoms with Gasteiger partial charge in [0.2, 0.25) is 0 Å². The van der Waals surface area contributed by atoms with E-state index in [0.717, 1.165) is 28.7 Å². The summed E-state index contributed by atoms with van der Waals surface area (Å²) in [6.45, 7) is 6.26. The summed E-state index contributed by atoms with van der Waals surface area (Å²) in [6.07, 6.45) is 0.915. The van der Waals surface area contributed by atoms with Crippen molar-refractivity contribution in [1.29, 1.82) is 0 Å². The van der Waals surface area contributed by atoms with Crippen molar-refractivity contribution in [3.05, 3.63) is 35.0 Å². The monoisotopic (exact) mass is 215 g/mol. The molecule has 0 aliphatic heterocycles. The number of hydrazine groups is 1. The number of hydrogen-bond acceptors (Lipinski definition) is 3. The molecule has 3 nitrogen and oxygen atoms in total. The lowest BCUT2D eigenvalue weighted by Gasteiger charge is -2.10. The molecule has 1 aromatic heterocycles. The maximum atomic E-state index is 5.56. The smallest absolute Gasteiger partial charge is 0.0755 e. The van der Waals surface area contributed by atoms with Gasteiger partial charge in [0.1, 0.15) is 0 Å². The molecule has 0 spiro atoms. The van der Waals surface area contributed by atoms with Gasteiger partial charge < -0.3 is 5.43 Å². The average molecular weight is 215 g/mol. The molecule has 3 N–H and O–H groups in total. The number of nitrogens with zero attached hydrogens (tertiary/aromatic N) is 1. The summed E-state index contributed by atoms with van der Waals surface area (Å²) in [5, 5.41) is 1.09. The Labute approximate surface area is 95.7 Å². The van der Waals surface area contributed by atoms with Crippen molar-refractivity contribution in [3.63, 3.8) is 0 Å². The van der Waals surface area contributed by atoms with Crippen LogP contribution >= 0.6 is 0 Å². The van der Waals surface area contributed by atoms with Gasteiger partial charge in [-0.2, -0.15) is 0 Å². The zero-order valence-corrected chi connectivity index (χ0v) is 9.96. The number of nitrogen functional groups attached to an aromatic ring is 1. The van der Waals surface area contributed by atoms with Crippen molar-refractivity contribution >= 4 is 16.6 Å². The molecule has 0 aliphatic rings. The van der Waals surface area contributed by atoms with Crippen LogP contribution in [0.5, 0.6) is 0 Å². The second-order valence-corrected chi connectivity index (χ2v) is 4.14. The zero-order chi connectivity index (χ0) is 11.7. The molecular formula is C13H17N3. The Kier molecular flexibility index (Phi) is 2.79. The van der Waals surface area contributed by atoms with Crippen molar-refractivity contribution in [1.82, 2.24) is 4.98 Å². The molecule has 0 aliphatic carbocycles. The Morgan fingerprint density at radius 2 is 2.00 bits per heavy atom. The second kappa shape index (κ2) is 4.10. The summed E-state index contributed by atoms with van der Waals surface area (Å²) in [5.74, 6) is 5.56. The van der Waals surface area contributed by atoms with Crippen LogP contribution in [0.15, 0.2) is 18.2 Å². The van der Waals surface area contributed by atoms with Crippen molar-refractivity contribution in [3.8, 4) is 0 Å². The third-order valence-corrected chi connectivity index (χ3v) is 2.82. The SMILES string of the molecule is CCc1cc(NN)c2cc(C)cc(C)c2n1. The Balaban J connectivity index is 2.83. The minimum atomic E-state index is 0.915. The van der Waals surface area contributed by atoms with E-state index in [0.29, 0.717) is 0 Å². The predicted octanol–water partition coefficient (Wildman–Crippen LogP) is 2.70. The zero-order valence-electron chi connectivity index (χ0n) is 9.96. The van der Waals surface area contributed by atoms with Gasteiger partial charge in [0, 0.05) is 11.1 Å². The topological polar surface area (TPSA) is 50.9 Å². The van der Waals surface area contributed by atoms with Crippen LogP contribution < -0.4 is 11.3 Å². The van der Waals surface area contributed by atoms with E-state index in [1.807, 2.05) is 6.07 Å². The molecule has 0 saturated carbocycles. The number of aryl methyl sites for hydroxylation is 3. The molecule has 84 valence electrons. The molecule has 3 heteroatoms. The highest BCUT2D eigenvalue weighted by Crippen LogP contribution is 2.26. The van der Waals surface area contributed by atoms with E-state index in [-0.39, 0.29) is 0 Å². The summed E-state index contributed by atoms with van der Waals surface area (Å²) >= 11 is 0. The van der Waals surface area contributed by atoms with Crippen LogP contribution in [0.25, 0.3) is 10.9 Å². The first-order chi connectivity index (χ1) is 7.65. The van der Waals surface area contributed by atoms with Crippen LogP contribution in [0, 0.1) is 13.8 Å². The number of rotatable bonds is 2. The molecule has 0 fully saturated rings. The molecule has 2 aromatic rings. The molecule has 0 unspecified atom stereocenters. The third kappa shape index (κ3) is 1.74. The third-order valence-electron chi connectivity index (χ3n) is 2.82. The highest BCUT2D eigenvalue weighted by Gasteiger charge is 2.07. The van der Waals surface area contributed by atoms with E-state index in [1.165, 1.54) is 11.1 Å². The number of pyridine rings is 1. The first-order valence-corrected chi connectivity index (χ1v) is 5.53. The van der Waals surface area contributed by atoms with Gasteiger partial charge >= 0.3 is 0 Å². The minimum Gasteiger partial charge on any atom is -0.323 e. The summed E-state index contributed by atoms with van der Waals surface area (Å²) in [6, 6.07) is 6.28. The van der Waals surface area contributed by atoms with Crippen LogP contribution in [0.3, 0.4) is 0 Å². The van der Waals surface area contributed by atoms with E-state index in [2.05, 4.69) is 43.3 Å². The van der Waals surface area contributed by atoms with Crippen LogP contribution in [-0.4, -0.2) is 4.98 Å². The summed E-state index contributed by atoms with van der Waals surface area (Å²) in [4.78, 5) is 4.65. The molecule has 16 heavy (non-hydrogen) atoms. The van der Waals surface area contributed by atoms with Gasteiger partial charge in [-0.05, 0) is 38.0 Å². The number of anilines is 1. The lowest BCUT2D eigenvalue weighted by molar-refractivity contribution is 1.05. The molecule has 0 bridgehead atoms. The van der Waals surface area contributed by atoms with Crippen LogP contribution in [0.1, 0.15) is 23.7 Å². The minimum absolute atomic E-state index is 0.915. The highest BCUT2D eigenvalue weighted by molar-refractivity contribution is 5.93. The molecule has 0 saturated heterocycles. The summed E-state index contributed by atoms with van der Waals surface area (Å²) < 4.78 is 0. The molecule has 1 heterocycles. The fourth-order valence-corrected chi connectivity index (χ4v) is 2.03. The van der Waals surface area contributed by atoms with Gasteiger partial charge in [0.05, 0.1) is 11.2 Å². The molecule has 1 aromatic carbocycles. The molecule has 2 rings (SSSR count). The first kappa shape index (κ1) is 10.9. The number of benzene rings is 1. The number of aromatic nitrogens is 1. The van der Waals surface area contributed by atoms with E-state index in [1.54, 1.807) is 0 Å². The van der Waals surface area contributed by atoms with E-state index < -0.39 is 0 Å². The van der Waals surface area contributed by atoms with Gasteiger partial charge in [-0.1, -0.05) is 18.6 Å². The van der Waals surface area contributed by atoms with Crippen LogP contribution in [0.2, 0.25) is 0 Å². The average Bonchev–Trinajstić information content (AvgIpc) is 2.28. The van der Waals surface area contributed by atoms with Gasteiger partial charge in [-0.3, -0.25) is 10.8 Å². The lowest BCUT2D eigenvalue weighted by Crippen LogP contribution is -2.08. The Bertz CT molecular complexity index is 532. The van der Waals surface area contributed by atoms with Gasteiger partial charge in [-0.15, -0.1) is 0 Å².